The summed E-state index contributed by atoms with van der Waals surface area (Å²) in [7, 11) is -0.382. The molecule has 0 aliphatic carbocycles. The van der Waals surface area contributed by atoms with E-state index in [0.717, 1.165) is 17.4 Å². The topological polar surface area (TPSA) is 38.8 Å². The molecule has 0 saturated carbocycles. The van der Waals surface area contributed by atoms with Gasteiger partial charge in [-0.3, -0.25) is 4.79 Å². The third-order valence-electron chi connectivity index (χ3n) is 6.43. The van der Waals surface area contributed by atoms with E-state index in [1.807, 2.05) is 35.2 Å². The van der Waals surface area contributed by atoms with Crippen LogP contribution in [-0.4, -0.2) is 35.2 Å². The van der Waals surface area contributed by atoms with Crippen molar-refractivity contribution >= 4 is 18.5 Å². The first-order valence-electron chi connectivity index (χ1n) is 10.0. The summed E-state index contributed by atoms with van der Waals surface area (Å²) in [6.07, 6.45) is 0.859. The minimum absolute atomic E-state index is 0.0831. The van der Waals surface area contributed by atoms with Crippen LogP contribution in [0, 0.1) is 0 Å². The maximum Gasteiger partial charge on any atom is 0.494 e. The molecule has 146 valence electrons. The Hall–Kier alpha value is -2.11. The predicted octanol–water partition coefficient (Wildman–Crippen LogP) is 3.57. The molecule has 2 heterocycles. The molecule has 1 fully saturated rings. The largest absolute Gasteiger partial charge is 0.494 e. The molecule has 1 amide bonds. The Labute approximate surface area is 168 Å². The van der Waals surface area contributed by atoms with Gasteiger partial charge in [0.05, 0.1) is 11.2 Å². The van der Waals surface area contributed by atoms with E-state index < -0.39 is 0 Å². The molecule has 2 aromatic rings. The predicted molar refractivity (Wildman–Crippen MR) is 112 cm³/mol. The van der Waals surface area contributed by atoms with Crippen molar-refractivity contribution in [2.24, 2.45) is 0 Å². The van der Waals surface area contributed by atoms with Crippen molar-refractivity contribution in [3.8, 4) is 0 Å². The van der Waals surface area contributed by atoms with Gasteiger partial charge >= 0.3 is 7.12 Å². The number of hydrogen-bond donors (Lipinski definition) is 0. The number of nitrogens with zero attached hydrogens (tertiary/aromatic N) is 1. The van der Waals surface area contributed by atoms with Gasteiger partial charge in [-0.25, -0.2) is 0 Å². The normalized spacial score (nSPS) is 22.8. The van der Waals surface area contributed by atoms with Crippen LogP contribution in [-0.2, 0) is 22.3 Å². The van der Waals surface area contributed by atoms with Crippen LogP contribution in [0.1, 0.15) is 56.1 Å². The average Bonchev–Trinajstić information content (AvgIpc) is 2.88. The molecule has 4 rings (SSSR count). The smallest absolute Gasteiger partial charge is 0.399 e. The molecule has 4 nitrogen and oxygen atoms in total. The van der Waals surface area contributed by atoms with Gasteiger partial charge in [0.15, 0.2) is 0 Å². The Morgan fingerprint density at radius 1 is 1.00 bits per heavy atom. The second-order valence-corrected chi connectivity index (χ2v) is 8.97. The highest BCUT2D eigenvalue weighted by molar-refractivity contribution is 6.62. The Morgan fingerprint density at radius 3 is 2.29 bits per heavy atom. The minimum atomic E-state index is -0.382. The lowest BCUT2D eigenvalue weighted by Gasteiger charge is -2.35. The van der Waals surface area contributed by atoms with E-state index in [4.69, 9.17) is 9.31 Å². The van der Waals surface area contributed by atoms with Crippen molar-refractivity contribution in [3.63, 3.8) is 0 Å². The summed E-state index contributed by atoms with van der Waals surface area (Å²) < 4.78 is 12.4. The van der Waals surface area contributed by atoms with E-state index >= 15 is 0 Å². The van der Waals surface area contributed by atoms with E-state index in [1.54, 1.807) is 0 Å². The molecule has 0 N–H and O–H groups in total. The summed E-state index contributed by atoms with van der Waals surface area (Å²) >= 11 is 0. The van der Waals surface area contributed by atoms with E-state index in [9.17, 15) is 4.79 Å². The van der Waals surface area contributed by atoms with Gasteiger partial charge in [-0.05, 0) is 69.8 Å². The Balaban J connectivity index is 1.60. The van der Waals surface area contributed by atoms with Crippen molar-refractivity contribution < 1.29 is 14.1 Å². The third-order valence-corrected chi connectivity index (χ3v) is 6.43. The second kappa shape index (κ2) is 6.75. The SMILES string of the molecule is CC1Cc2ccc(B3OC(C)(C)C(C)(C)O3)cc2CN1C(=O)c1ccccc1. The second-order valence-electron chi connectivity index (χ2n) is 8.97. The molecule has 0 spiro atoms. The van der Waals surface area contributed by atoms with Gasteiger partial charge in [0, 0.05) is 18.2 Å². The lowest BCUT2D eigenvalue weighted by atomic mass is 9.76. The first-order valence-corrected chi connectivity index (χ1v) is 10.0. The highest BCUT2D eigenvalue weighted by atomic mass is 16.7. The molecule has 2 aliphatic rings. The summed E-state index contributed by atoms with van der Waals surface area (Å²) in [6.45, 7) is 11.0. The van der Waals surface area contributed by atoms with Crippen LogP contribution in [0.25, 0.3) is 0 Å². The van der Waals surface area contributed by atoms with Crippen LogP contribution in [0.5, 0.6) is 0 Å². The molecule has 2 aromatic carbocycles. The number of carbonyl (C=O) groups excluding carboxylic acids is 1. The Morgan fingerprint density at radius 2 is 1.64 bits per heavy atom. The molecule has 5 heteroatoms. The average molecular weight is 377 g/mol. The van der Waals surface area contributed by atoms with E-state index in [-0.39, 0.29) is 30.3 Å². The van der Waals surface area contributed by atoms with Gasteiger partial charge in [0.1, 0.15) is 0 Å². The zero-order chi connectivity index (χ0) is 20.1. The fourth-order valence-electron chi connectivity index (χ4n) is 3.90. The summed E-state index contributed by atoms with van der Waals surface area (Å²) in [5.74, 6) is 0.0831. The number of fused-ring (bicyclic) bond motifs is 1. The maximum atomic E-state index is 13.0. The van der Waals surface area contributed by atoms with Crippen molar-refractivity contribution in [2.45, 2.75) is 64.8 Å². The van der Waals surface area contributed by atoms with Crippen LogP contribution in [0.4, 0.5) is 0 Å². The van der Waals surface area contributed by atoms with Gasteiger partial charge in [-0.1, -0.05) is 36.4 Å². The zero-order valence-electron chi connectivity index (χ0n) is 17.4. The number of hydrogen-bond acceptors (Lipinski definition) is 3. The van der Waals surface area contributed by atoms with Gasteiger partial charge in [-0.15, -0.1) is 0 Å². The molecule has 0 aromatic heterocycles. The van der Waals surface area contributed by atoms with Gasteiger partial charge in [0.25, 0.3) is 5.91 Å². The number of carbonyl (C=O) groups is 1. The van der Waals surface area contributed by atoms with Gasteiger partial charge in [0.2, 0.25) is 0 Å². The number of benzene rings is 2. The van der Waals surface area contributed by atoms with Crippen molar-refractivity contribution in [1.29, 1.82) is 0 Å². The molecule has 0 bridgehead atoms. The van der Waals surface area contributed by atoms with E-state index in [1.165, 1.54) is 11.1 Å². The first kappa shape index (κ1) is 19.2. The van der Waals surface area contributed by atoms with E-state index in [0.29, 0.717) is 6.54 Å². The molecular weight excluding hydrogens is 349 g/mol. The standard InChI is InChI=1S/C23H28BNO3/c1-16-13-18-11-12-20(24-27-22(2,3)23(4,5)28-24)14-19(18)15-25(16)21(26)17-9-7-6-8-10-17/h6-12,14,16H,13,15H2,1-5H3. The number of rotatable bonds is 2. The van der Waals surface area contributed by atoms with Crippen molar-refractivity contribution in [2.75, 3.05) is 0 Å². The Bertz CT molecular complexity index is 878. The highest BCUT2D eigenvalue weighted by Crippen LogP contribution is 2.36. The molecular formula is C23H28BNO3. The van der Waals surface area contributed by atoms with Crippen LogP contribution in [0.15, 0.2) is 48.5 Å². The molecule has 1 saturated heterocycles. The highest BCUT2D eigenvalue weighted by Gasteiger charge is 2.51. The molecule has 1 unspecified atom stereocenters. The fraction of sp³-hybridized carbons (Fsp3) is 0.435. The number of amides is 1. The summed E-state index contributed by atoms with van der Waals surface area (Å²) in [6, 6.07) is 16.1. The summed E-state index contributed by atoms with van der Waals surface area (Å²) in [4.78, 5) is 15.0. The van der Waals surface area contributed by atoms with Gasteiger partial charge < -0.3 is 14.2 Å². The molecule has 0 radical (unpaired) electrons. The van der Waals surface area contributed by atoms with E-state index in [2.05, 4.69) is 52.8 Å². The molecule has 2 aliphatic heterocycles. The minimum Gasteiger partial charge on any atom is -0.399 e. The van der Waals surface area contributed by atoms with Crippen LogP contribution >= 0.6 is 0 Å². The monoisotopic (exact) mass is 377 g/mol. The van der Waals surface area contributed by atoms with Crippen LogP contribution < -0.4 is 5.46 Å². The van der Waals surface area contributed by atoms with Crippen LogP contribution in [0.2, 0.25) is 0 Å². The van der Waals surface area contributed by atoms with Crippen molar-refractivity contribution in [1.82, 2.24) is 4.90 Å². The fourth-order valence-corrected chi connectivity index (χ4v) is 3.90. The lowest BCUT2D eigenvalue weighted by molar-refractivity contribution is 0.00578. The third kappa shape index (κ3) is 3.27. The molecule has 28 heavy (non-hydrogen) atoms. The Kier molecular flexibility index (Phi) is 4.63. The van der Waals surface area contributed by atoms with Crippen LogP contribution in [0.3, 0.4) is 0 Å². The van der Waals surface area contributed by atoms with Gasteiger partial charge in [-0.2, -0.15) is 0 Å². The quantitative estimate of drug-likeness (QED) is 0.751. The summed E-state index contributed by atoms with van der Waals surface area (Å²) in [5, 5.41) is 0. The first-order chi connectivity index (χ1) is 13.2. The molecule has 1 atom stereocenters. The van der Waals surface area contributed by atoms with Crippen molar-refractivity contribution in [3.05, 3.63) is 65.2 Å². The summed E-state index contributed by atoms with van der Waals surface area (Å²) in [5.41, 5.74) is 3.49. The lowest BCUT2D eigenvalue weighted by Crippen LogP contribution is -2.43. The zero-order valence-corrected chi connectivity index (χ0v) is 17.4. The maximum absolute atomic E-state index is 13.0.